The maximum Gasteiger partial charge on any atom is 0.214 e. The molecule has 0 fully saturated rings. The molecule has 0 saturated carbocycles. The van der Waals surface area contributed by atoms with Crippen molar-refractivity contribution in [2.75, 3.05) is 0 Å². The van der Waals surface area contributed by atoms with Crippen molar-refractivity contribution in [1.29, 1.82) is 0 Å². The molecule has 104 valence electrons. The number of hydrogen-bond acceptors (Lipinski definition) is 4. The molecule has 5 nitrogen and oxygen atoms in total. The predicted molar refractivity (Wildman–Crippen MR) is 76.8 cm³/mol. The van der Waals surface area contributed by atoms with E-state index in [-0.39, 0.29) is 5.38 Å². The maximum absolute atomic E-state index is 6.22. The van der Waals surface area contributed by atoms with Gasteiger partial charge in [-0.05, 0) is 13.0 Å². The Labute approximate surface area is 121 Å². The van der Waals surface area contributed by atoms with Gasteiger partial charge in [-0.3, -0.25) is 4.98 Å². The van der Waals surface area contributed by atoms with E-state index < -0.39 is 0 Å². The highest BCUT2D eigenvalue weighted by molar-refractivity contribution is 6.20. The summed E-state index contributed by atoms with van der Waals surface area (Å²) >= 11 is 6.22. The average Bonchev–Trinajstić information content (AvgIpc) is 3.04. The van der Waals surface area contributed by atoms with Crippen LogP contribution in [0.3, 0.4) is 0 Å². The summed E-state index contributed by atoms with van der Waals surface area (Å²) in [7, 11) is 0. The first-order valence-corrected chi connectivity index (χ1v) is 7.00. The SMILES string of the molecule is CCc1cnc(Cn2c(C(C)Cl)nc3cnccc32)o1. The third-order valence-corrected chi connectivity index (χ3v) is 3.37. The van der Waals surface area contributed by atoms with Crippen molar-refractivity contribution in [2.45, 2.75) is 32.2 Å². The predicted octanol–water partition coefficient (Wildman–Crippen LogP) is 3.33. The van der Waals surface area contributed by atoms with Crippen LogP contribution in [0.5, 0.6) is 0 Å². The third kappa shape index (κ3) is 2.29. The van der Waals surface area contributed by atoms with E-state index in [9.17, 15) is 0 Å². The minimum Gasteiger partial charge on any atom is -0.444 e. The Balaban J connectivity index is 2.06. The van der Waals surface area contributed by atoms with E-state index in [2.05, 4.69) is 15.0 Å². The zero-order valence-corrected chi connectivity index (χ0v) is 12.1. The highest BCUT2D eigenvalue weighted by atomic mass is 35.5. The quantitative estimate of drug-likeness (QED) is 0.692. The number of oxazole rings is 1. The fourth-order valence-electron chi connectivity index (χ4n) is 2.19. The van der Waals surface area contributed by atoms with E-state index >= 15 is 0 Å². The van der Waals surface area contributed by atoms with Crippen LogP contribution in [-0.4, -0.2) is 19.5 Å². The molecule has 0 aliphatic rings. The Morgan fingerprint density at radius 2 is 2.25 bits per heavy atom. The number of pyridine rings is 1. The zero-order valence-electron chi connectivity index (χ0n) is 11.4. The number of alkyl halides is 1. The standard InChI is InChI=1S/C14H15ClN4O/c1-3-10-6-17-13(20-10)8-19-12-4-5-16-7-11(12)18-14(19)9(2)15/h4-7,9H,3,8H2,1-2H3. The first-order chi connectivity index (χ1) is 9.69. The first-order valence-electron chi connectivity index (χ1n) is 6.56. The number of rotatable bonds is 4. The fraction of sp³-hybridized carbons (Fsp3) is 0.357. The van der Waals surface area contributed by atoms with Gasteiger partial charge in [0.05, 0.1) is 23.3 Å². The van der Waals surface area contributed by atoms with Gasteiger partial charge in [-0.15, -0.1) is 11.6 Å². The molecule has 6 heteroatoms. The van der Waals surface area contributed by atoms with Crippen molar-refractivity contribution >= 4 is 22.6 Å². The Morgan fingerprint density at radius 1 is 1.40 bits per heavy atom. The van der Waals surface area contributed by atoms with Gasteiger partial charge in [-0.1, -0.05) is 6.92 Å². The molecule has 0 aliphatic heterocycles. The van der Waals surface area contributed by atoms with Crippen LogP contribution in [-0.2, 0) is 13.0 Å². The summed E-state index contributed by atoms with van der Waals surface area (Å²) in [6.07, 6.45) is 6.08. The van der Waals surface area contributed by atoms with Gasteiger partial charge >= 0.3 is 0 Å². The van der Waals surface area contributed by atoms with Gasteiger partial charge in [-0.25, -0.2) is 9.97 Å². The van der Waals surface area contributed by atoms with E-state index in [1.165, 1.54) is 0 Å². The molecule has 0 bridgehead atoms. The normalized spacial score (nSPS) is 12.9. The molecule has 3 aromatic rings. The molecule has 0 radical (unpaired) electrons. The molecule has 3 aromatic heterocycles. The lowest BCUT2D eigenvalue weighted by Crippen LogP contribution is -2.06. The number of imidazole rings is 1. The molecule has 1 atom stereocenters. The van der Waals surface area contributed by atoms with Crippen LogP contribution in [0.2, 0.25) is 0 Å². The summed E-state index contributed by atoms with van der Waals surface area (Å²) < 4.78 is 7.70. The van der Waals surface area contributed by atoms with Crippen LogP contribution in [0.15, 0.2) is 29.1 Å². The second kappa shape index (κ2) is 5.25. The Kier molecular flexibility index (Phi) is 3.44. The highest BCUT2D eigenvalue weighted by Gasteiger charge is 2.16. The first kappa shape index (κ1) is 13.1. The molecule has 0 spiro atoms. The second-order valence-corrected chi connectivity index (χ2v) is 5.27. The number of aromatic nitrogens is 4. The monoisotopic (exact) mass is 290 g/mol. The van der Waals surface area contributed by atoms with Gasteiger partial charge in [0.25, 0.3) is 0 Å². The van der Waals surface area contributed by atoms with Crippen LogP contribution >= 0.6 is 11.6 Å². The van der Waals surface area contributed by atoms with Gasteiger partial charge in [0.1, 0.15) is 23.6 Å². The lowest BCUT2D eigenvalue weighted by atomic mass is 10.4. The number of aryl methyl sites for hydroxylation is 1. The van der Waals surface area contributed by atoms with Gasteiger partial charge < -0.3 is 8.98 Å². The van der Waals surface area contributed by atoms with Crippen LogP contribution in [0.1, 0.15) is 36.7 Å². The number of halogens is 1. The van der Waals surface area contributed by atoms with E-state index in [4.69, 9.17) is 16.0 Å². The van der Waals surface area contributed by atoms with Crippen molar-refractivity contribution in [3.63, 3.8) is 0 Å². The van der Waals surface area contributed by atoms with Crippen LogP contribution in [0.25, 0.3) is 11.0 Å². The molecule has 0 amide bonds. The highest BCUT2D eigenvalue weighted by Crippen LogP contribution is 2.25. The molecule has 1 unspecified atom stereocenters. The number of nitrogens with zero attached hydrogens (tertiary/aromatic N) is 4. The molecule has 0 aliphatic carbocycles. The van der Waals surface area contributed by atoms with Gasteiger partial charge in [0, 0.05) is 12.6 Å². The largest absolute Gasteiger partial charge is 0.444 e. The van der Waals surface area contributed by atoms with E-state index in [1.807, 2.05) is 24.5 Å². The fourth-order valence-corrected chi connectivity index (χ4v) is 2.36. The Bertz CT molecular complexity index is 732. The maximum atomic E-state index is 6.22. The van der Waals surface area contributed by atoms with E-state index in [1.54, 1.807) is 18.6 Å². The van der Waals surface area contributed by atoms with Crippen LogP contribution < -0.4 is 0 Å². The van der Waals surface area contributed by atoms with Crippen molar-refractivity contribution in [3.05, 3.63) is 42.1 Å². The molecule has 0 aromatic carbocycles. The van der Waals surface area contributed by atoms with Crippen molar-refractivity contribution in [2.24, 2.45) is 0 Å². The van der Waals surface area contributed by atoms with E-state index in [0.29, 0.717) is 12.4 Å². The minimum atomic E-state index is -0.192. The van der Waals surface area contributed by atoms with Crippen LogP contribution in [0, 0.1) is 0 Å². The van der Waals surface area contributed by atoms with Crippen molar-refractivity contribution in [3.8, 4) is 0 Å². The minimum absolute atomic E-state index is 0.192. The van der Waals surface area contributed by atoms with Gasteiger partial charge in [0.15, 0.2) is 0 Å². The molecular formula is C14H15ClN4O. The molecule has 0 N–H and O–H groups in total. The smallest absolute Gasteiger partial charge is 0.214 e. The van der Waals surface area contributed by atoms with Gasteiger partial charge in [0.2, 0.25) is 5.89 Å². The molecule has 3 heterocycles. The summed E-state index contributed by atoms with van der Waals surface area (Å²) in [5.74, 6) is 2.34. The van der Waals surface area contributed by atoms with Crippen molar-refractivity contribution in [1.82, 2.24) is 19.5 Å². The lowest BCUT2D eigenvalue weighted by Gasteiger charge is -2.08. The number of fused-ring (bicyclic) bond motifs is 1. The second-order valence-electron chi connectivity index (χ2n) is 4.61. The lowest BCUT2D eigenvalue weighted by molar-refractivity contribution is 0.445. The molecule has 3 rings (SSSR count). The summed E-state index contributed by atoms with van der Waals surface area (Å²) in [5, 5.41) is -0.192. The molecule has 0 saturated heterocycles. The molecular weight excluding hydrogens is 276 g/mol. The summed E-state index contributed by atoms with van der Waals surface area (Å²) in [4.78, 5) is 12.9. The van der Waals surface area contributed by atoms with Crippen molar-refractivity contribution < 1.29 is 4.42 Å². The number of hydrogen-bond donors (Lipinski definition) is 0. The van der Waals surface area contributed by atoms with E-state index in [0.717, 1.165) is 29.0 Å². The Hall–Kier alpha value is -1.88. The third-order valence-electron chi connectivity index (χ3n) is 3.18. The molecule has 20 heavy (non-hydrogen) atoms. The summed E-state index contributed by atoms with van der Waals surface area (Å²) in [5.41, 5.74) is 1.82. The topological polar surface area (TPSA) is 56.7 Å². The Morgan fingerprint density at radius 3 is 2.95 bits per heavy atom. The van der Waals surface area contributed by atoms with Gasteiger partial charge in [-0.2, -0.15) is 0 Å². The summed E-state index contributed by atoms with van der Waals surface area (Å²) in [6, 6.07) is 1.93. The summed E-state index contributed by atoms with van der Waals surface area (Å²) in [6.45, 7) is 4.46. The van der Waals surface area contributed by atoms with Crippen LogP contribution in [0.4, 0.5) is 0 Å². The zero-order chi connectivity index (χ0) is 14.1. The average molecular weight is 291 g/mol.